The molecule has 126 valence electrons. The summed E-state index contributed by atoms with van der Waals surface area (Å²) in [5, 5.41) is 9.60. The van der Waals surface area contributed by atoms with Crippen LogP contribution in [0.3, 0.4) is 0 Å². The van der Waals surface area contributed by atoms with Crippen molar-refractivity contribution in [3.63, 3.8) is 0 Å². The fourth-order valence-electron chi connectivity index (χ4n) is 2.91. The molecule has 0 spiro atoms. The van der Waals surface area contributed by atoms with Gasteiger partial charge in [0, 0.05) is 39.8 Å². The van der Waals surface area contributed by atoms with E-state index in [1.54, 1.807) is 7.05 Å². The van der Waals surface area contributed by atoms with Crippen LogP contribution in [-0.4, -0.2) is 63.1 Å². The summed E-state index contributed by atoms with van der Waals surface area (Å²) in [7, 11) is 3.52. The Morgan fingerprint density at radius 2 is 1.95 bits per heavy atom. The Labute approximate surface area is 134 Å². The zero-order chi connectivity index (χ0) is 15.8. The SMILES string of the molecule is CN=C(NCCCC1CC1)NC1CCN(CC(=O)NC)CC1. The van der Waals surface area contributed by atoms with Gasteiger partial charge in [0.05, 0.1) is 6.54 Å². The van der Waals surface area contributed by atoms with Crippen LogP contribution in [-0.2, 0) is 4.79 Å². The number of carbonyl (C=O) groups is 1. The van der Waals surface area contributed by atoms with Crippen LogP contribution < -0.4 is 16.0 Å². The van der Waals surface area contributed by atoms with Crippen LogP contribution in [0, 0.1) is 5.92 Å². The van der Waals surface area contributed by atoms with Gasteiger partial charge in [-0.15, -0.1) is 0 Å². The summed E-state index contributed by atoms with van der Waals surface area (Å²) in [6, 6.07) is 0.454. The summed E-state index contributed by atoms with van der Waals surface area (Å²) in [4.78, 5) is 17.9. The van der Waals surface area contributed by atoms with E-state index in [-0.39, 0.29) is 5.91 Å². The van der Waals surface area contributed by atoms with E-state index < -0.39 is 0 Å². The molecule has 0 bridgehead atoms. The molecule has 1 aliphatic heterocycles. The van der Waals surface area contributed by atoms with Crippen molar-refractivity contribution in [1.82, 2.24) is 20.9 Å². The molecule has 1 aliphatic carbocycles. The Balaban J connectivity index is 1.59. The van der Waals surface area contributed by atoms with Crippen molar-refractivity contribution in [2.75, 3.05) is 40.3 Å². The first-order chi connectivity index (χ1) is 10.7. The van der Waals surface area contributed by atoms with Gasteiger partial charge < -0.3 is 16.0 Å². The number of amides is 1. The topological polar surface area (TPSA) is 68.8 Å². The molecule has 22 heavy (non-hydrogen) atoms. The second kappa shape index (κ2) is 8.98. The number of likely N-dealkylation sites (tertiary alicyclic amines) is 1. The van der Waals surface area contributed by atoms with Crippen LogP contribution >= 0.6 is 0 Å². The highest BCUT2D eigenvalue weighted by atomic mass is 16.1. The van der Waals surface area contributed by atoms with Gasteiger partial charge in [-0.3, -0.25) is 14.7 Å². The fraction of sp³-hybridized carbons (Fsp3) is 0.875. The number of rotatable bonds is 7. The number of aliphatic imine (C=N–C) groups is 1. The molecule has 0 unspecified atom stereocenters. The highest BCUT2D eigenvalue weighted by molar-refractivity contribution is 5.80. The van der Waals surface area contributed by atoms with E-state index in [0.29, 0.717) is 12.6 Å². The predicted octanol–water partition coefficient (Wildman–Crippen LogP) is 0.552. The molecular weight excluding hydrogens is 278 g/mol. The summed E-state index contributed by atoms with van der Waals surface area (Å²) < 4.78 is 0. The molecule has 0 aromatic heterocycles. The molecule has 2 rings (SSSR count). The molecule has 1 saturated heterocycles. The molecule has 1 saturated carbocycles. The van der Waals surface area contributed by atoms with E-state index in [1.807, 2.05) is 7.05 Å². The van der Waals surface area contributed by atoms with Crippen LogP contribution in [0.5, 0.6) is 0 Å². The third kappa shape index (κ3) is 6.22. The van der Waals surface area contributed by atoms with E-state index in [1.165, 1.54) is 25.7 Å². The number of likely N-dealkylation sites (N-methyl/N-ethyl adjacent to an activating group) is 1. The fourth-order valence-corrected chi connectivity index (χ4v) is 2.91. The molecular formula is C16H31N5O. The highest BCUT2D eigenvalue weighted by Crippen LogP contribution is 2.33. The molecule has 3 N–H and O–H groups in total. The Hall–Kier alpha value is -1.30. The van der Waals surface area contributed by atoms with Crippen LogP contribution in [0.4, 0.5) is 0 Å². The largest absolute Gasteiger partial charge is 0.358 e. The summed E-state index contributed by atoms with van der Waals surface area (Å²) >= 11 is 0. The molecule has 0 aromatic carbocycles. The maximum atomic E-state index is 11.4. The molecule has 0 aromatic rings. The zero-order valence-electron chi connectivity index (χ0n) is 14.0. The molecule has 1 heterocycles. The second-order valence-corrected chi connectivity index (χ2v) is 6.45. The van der Waals surface area contributed by atoms with Crippen molar-refractivity contribution in [1.29, 1.82) is 0 Å². The lowest BCUT2D eigenvalue weighted by Gasteiger charge is -2.32. The maximum Gasteiger partial charge on any atom is 0.233 e. The summed E-state index contributed by atoms with van der Waals surface area (Å²) in [5.74, 6) is 2.02. The summed E-state index contributed by atoms with van der Waals surface area (Å²) in [5.41, 5.74) is 0. The van der Waals surface area contributed by atoms with Gasteiger partial charge in [-0.2, -0.15) is 0 Å². The average Bonchev–Trinajstić information content (AvgIpc) is 3.36. The Morgan fingerprint density at radius 1 is 1.23 bits per heavy atom. The molecule has 0 radical (unpaired) electrons. The number of hydrogen-bond acceptors (Lipinski definition) is 3. The van der Waals surface area contributed by atoms with Crippen LogP contribution in [0.25, 0.3) is 0 Å². The third-order valence-corrected chi connectivity index (χ3v) is 4.58. The molecule has 6 heteroatoms. The predicted molar refractivity (Wildman–Crippen MR) is 90.0 cm³/mol. The van der Waals surface area contributed by atoms with Crippen molar-refractivity contribution >= 4 is 11.9 Å². The second-order valence-electron chi connectivity index (χ2n) is 6.45. The highest BCUT2D eigenvalue weighted by Gasteiger charge is 2.22. The molecule has 2 aliphatic rings. The van der Waals surface area contributed by atoms with Gasteiger partial charge in [0.15, 0.2) is 5.96 Å². The maximum absolute atomic E-state index is 11.4. The minimum absolute atomic E-state index is 0.0968. The number of hydrogen-bond donors (Lipinski definition) is 3. The minimum atomic E-state index is 0.0968. The van der Waals surface area contributed by atoms with Gasteiger partial charge in [0.2, 0.25) is 5.91 Å². The number of carbonyl (C=O) groups excluding carboxylic acids is 1. The molecule has 2 fully saturated rings. The molecule has 6 nitrogen and oxygen atoms in total. The number of guanidine groups is 1. The van der Waals surface area contributed by atoms with Gasteiger partial charge in [0.25, 0.3) is 0 Å². The first-order valence-electron chi connectivity index (χ1n) is 8.61. The van der Waals surface area contributed by atoms with Crippen LogP contribution in [0.15, 0.2) is 4.99 Å². The van der Waals surface area contributed by atoms with E-state index in [0.717, 1.165) is 44.4 Å². The first-order valence-corrected chi connectivity index (χ1v) is 8.61. The number of nitrogens with zero attached hydrogens (tertiary/aromatic N) is 2. The lowest BCUT2D eigenvalue weighted by Crippen LogP contribution is -2.50. The minimum Gasteiger partial charge on any atom is -0.358 e. The van der Waals surface area contributed by atoms with Crippen LogP contribution in [0.2, 0.25) is 0 Å². The van der Waals surface area contributed by atoms with Gasteiger partial charge in [-0.05, 0) is 31.6 Å². The average molecular weight is 309 g/mol. The van der Waals surface area contributed by atoms with Crippen molar-refractivity contribution in [3.8, 4) is 0 Å². The Bertz CT molecular complexity index is 373. The van der Waals surface area contributed by atoms with Gasteiger partial charge >= 0.3 is 0 Å². The lowest BCUT2D eigenvalue weighted by atomic mass is 10.1. The number of nitrogens with one attached hydrogen (secondary N) is 3. The molecule has 0 atom stereocenters. The zero-order valence-corrected chi connectivity index (χ0v) is 14.0. The molecule has 1 amide bonds. The summed E-state index contributed by atoms with van der Waals surface area (Å²) in [6.45, 7) is 3.44. The van der Waals surface area contributed by atoms with Gasteiger partial charge in [-0.25, -0.2) is 0 Å². The van der Waals surface area contributed by atoms with E-state index in [2.05, 4.69) is 25.8 Å². The van der Waals surface area contributed by atoms with Crippen molar-refractivity contribution in [2.45, 2.75) is 44.6 Å². The van der Waals surface area contributed by atoms with E-state index in [4.69, 9.17) is 0 Å². The van der Waals surface area contributed by atoms with Crippen molar-refractivity contribution in [2.24, 2.45) is 10.9 Å². The normalized spacial score (nSPS) is 20.7. The quantitative estimate of drug-likeness (QED) is 0.365. The van der Waals surface area contributed by atoms with Crippen LogP contribution in [0.1, 0.15) is 38.5 Å². The summed E-state index contributed by atoms with van der Waals surface area (Å²) in [6.07, 6.45) is 7.56. The Morgan fingerprint density at radius 3 is 2.55 bits per heavy atom. The number of piperidine rings is 1. The van der Waals surface area contributed by atoms with E-state index in [9.17, 15) is 4.79 Å². The van der Waals surface area contributed by atoms with Crippen molar-refractivity contribution in [3.05, 3.63) is 0 Å². The van der Waals surface area contributed by atoms with Gasteiger partial charge in [-0.1, -0.05) is 12.8 Å². The Kier molecular flexibility index (Phi) is 6.96. The standard InChI is InChI=1S/C16H31N5O/c1-17-15(22)12-21-10-7-14(8-11-21)20-16(18-2)19-9-3-4-13-5-6-13/h13-14H,3-12H2,1-2H3,(H,17,22)(H2,18,19,20). The third-order valence-electron chi connectivity index (χ3n) is 4.58. The lowest BCUT2D eigenvalue weighted by molar-refractivity contribution is -0.122. The smallest absolute Gasteiger partial charge is 0.233 e. The van der Waals surface area contributed by atoms with Crippen molar-refractivity contribution < 1.29 is 4.79 Å². The monoisotopic (exact) mass is 309 g/mol. The van der Waals surface area contributed by atoms with Gasteiger partial charge in [0.1, 0.15) is 0 Å². The first kappa shape index (κ1) is 17.1. The van der Waals surface area contributed by atoms with E-state index >= 15 is 0 Å².